The molecule has 1 fully saturated rings. The number of alkyl halides is 1. The summed E-state index contributed by atoms with van der Waals surface area (Å²) in [6.45, 7) is 1.69. The van der Waals surface area contributed by atoms with Crippen LogP contribution >= 0.6 is 11.6 Å². The zero-order valence-corrected chi connectivity index (χ0v) is 10.8. The summed E-state index contributed by atoms with van der Waals surface area (Å²) in [5.74, 6) is 0.586. The molecule has 1 aromatic carbocycles. The number of hydrogen-bond donors (Lipinski definition) is 0. The minimum Gasteiger partial charge on any atom is -0.296 e. The Kier molecular flexibility index (Phi) is 4.81. The average molecular weight is 256 g/mol. The van der Waals surface area contributed by atoms with Crippen LogP contribution in [0.1, 0.15) is 31.2 Å². The van der Waals surface area contributed by atoms with Crippen molar-refractivity contribution in [3.05, 3.63) is 35.6 Å². The normalized spacial score (nSPS) is 16.2. The van der Waals surface area contributed by atoms with E-state index in [4.69, 9.17) is 11.6 Å². The van der Waals surface area contributed by atoms with Crippen molar-refractivity contribution in [2.45, 2.75) is 38.3 Å². The molecule has 0 aliphatic heterocycles. The molecule has 1 aliphatic carbocycles. The molecule has 0 unspecified atom stereocenters. The van der Waals surface area contributed by atoms with Crippen molar-refractivity contribution < 1.29 is 4.39 Å². The molecule has 3 heteroatoms. The monoisotopic (exact) mass is 255 g/mol. The van der Waals surface area contributed by atoms with Crippen LogP contribution in [0.2, 0.25) is 0 Å². The second-order valence-electron chi connectivity index (χ2n) is 4.69. The highest BCUT2D eigenvalue weighted by molar-refractivity contribution is 6.17. The second-order valence-corrected chi connectivity index (χ2v) is 5.07. The Labute approximate surface area is 108 Å². The highest BCUT2D eigenvalue weighted by Crippen LogP contribution is 2.26. The molecule has 0 saturated heterocycles. The van der Waals surface area contributed by atoms with Crippen LogP contribution in [0.4, 0.5) is 4.39 Å². The van der Waals surface area contributed by atoms with Crippen molar-refractivity contribution in [3.8, 4) is 0 Å². The first kappa shape index (κ1) is 12.8. The van der Waals surface area contributed by atoms with E-state index in [-0.39, 0.29) is 5.82 Å². The van der Waals surface area contributed by atoms with Gasteiger partial charge in [-0.2, -0.15) is 0 Å². The van der Waals surface area contributed by atoms with Gasteiger partial charge in [0, 0.05) is 24.0 Å². The lowest BCUT2D eigenvalue weighted by Crippen LogP contribution is -2.40. The van der Waals surface area contributed by atoms with E-state index in [0.717, 1.165) is 18.5 Å². The van der Waals surface area contributed by atoms with E-state index in [0.29, 0.717) is 18.5 Å². The third kappa shape index (κ3) is 3.43. The van der Waals surface area contributed by atoms with E-state index in [1.807, 2.05) is 12.1 Å². The van der Waals surface area contributed by atoms with Gasteiger partial charge in [-0.25, -0.2) is 4.39 Å². The summed E-state index contributed by atoms with van der Waals surface area (Å²) < 4.78 is 13.6. The molecular formula is C14H19ClFN. The quantitative estimate of drug-likeness (QED) is 0.699. The molecule has 1 nitrogen and oxygen atoms in total. The zero-order chi connectivity index (χ0) is 12.1. The van der Waals surface area contributed by atoms with Gasteiger partial charge in [0.05, 0.1) is 0 Å². The van der Waals surface area contributed by atoms with Gasteiger partial charge in [-0.3, -0.25) is 4.90 Å². The first-order valence-corrected chi connectivity index (χ1v) is 6.88. The average Bonchev–Trinajstić information content (AvgIpc) is 2.26. The van der Waals surface area contributed by atoms with Gasteiger partial charge in [0.25, 0.3) is 0 Å². The van der Waals surface area contributed by atoms with Crippen LogP contribution in [-0.2, 0) is 6.54 Å². The number of nitrogens with zero attached hydrogens (tertiary/aromatic N) is 1. The van der Waals surface area contributed by atoms with Gasteiger partial charge in [0.1, 0.15) is 5.82 Å². The Hall–Kier alpha value is -0.600. The molecular weight excluding hydrogens is 237 g/mol. The Morgan fingerprint density at radius 2 is 2.06 bits per heavy atom. The van der Waals surface area contributed by atoms with Crippen LogP contribution in [0.25, 0.3) is 0 Å². The second kappa shape index (κ2) is 6.36. The van der Waals surface area contributed by atoms with E-state index >= 15 is 0 Å². The van der Waals surface area contributed by atoms with Crippen molar-refractivity contribution in [2.24, 2.45) is 0 Å². The Morgan fingerprint density at radius 1 is 1.29 bits per heavy atom. The number of halogens is 2. The fraction of sp³-hybridized carbons (Fsp3) is 0.571. The standard InChI is InChI=1S/C14H19ClFN/c15-9-4-10-17(13-6-3-7-13)11-12-5-1-2-8-14(12)16/h1-2,5,8,13H,3-4,6-7,9-11H2. The number of rotatable bonds is 6. The number of hydrogen-bond acceptors (Lipinski definition) is 1. The van der Waals surface area contributed by atoms with Gasteiger partial charge in [0.15, 0.2) is 0 Å². The van der Waals surface area contributed by atoms with E-state index in [2.05, 4.69) is 4.90 Å². The lowest BCUT2D eigenvalue weighted by Gasteiger charge is -2.37. The van der Waals surface area contributed by atoms with Crippen LogP contribution in [0.15, 0.2) is 24.3 Å². The van der Waals surface area contributed by atoms with Gasteiger partial charge in [-0.1, -0.05) is 24.6 Å². The Bertz CT molecular complexity index is 352. The minimum absolute atomic E-state index is 0.0947. The molecule has 0 spiro atoms. The van der Waals surface area contributed by atoms with Crippen LogP contribution in [0.3, 0.4) is 0 Å². The van der Waals surface area contributed by atoms with E-state index in [1.165, 1.54) is 25.3 Å². The number of benzene rings is 1. The van der Waals surface area contributed by atoms with Crippen molar-refractivity contribution in [1.82, 2.24) is 4.90 Å². The molecule has 0 N–H and O–H groups in total. The van der Waals surface area contributed by atoms with Crippen molar-refractivity contribution in [2.75, 3.05) is 12.4 Å². The Morgan fingerprint density at radius 3 is 2.65 bits per heavy atom. The summed E-state index contributed by atoms with van der Waals surface area (Å²) >= 11 is 5.75. The maximum atomic E-state index is 13.6. The van der Waals surface area contributed by atoms with Gasteiger partial charge in [0.2, 0.25) is 0 Å². The molecule has 1 aliphatic rings. The molecule has 94 valence electrons. The van der Waals surface area contributed by atoms with Crippen molar-refractivity contribution >= 4 is 11.6 Å². The molecule has 17 heavy (non-hydrogen) atoms. The molecule has 1 aromatic rings. The van der Waals surface area contributed by atoms with Crippen LogP contribution in [-0.4, -0.2) is 23.4 Å². The first-order chi connectivity index (χ1) is 8.31. The summed E-state index contributed by atoms with van der Waals surface area (Å²) in [6, 6.07) is 7.69. The smallest absolute Gasteiger partial charge is 0.127 e. The largest absolute Gasteiger partial charge is 0.296 e. The van der Waals surface area contributed by atoms with E-state index < -0.39 is 0 Å². The lowest BCUT2D eigenvalue weighted by molar-refractivity contribution is 0.118. The molecule has 0 atom stereocenters. The van der Waals surface area contributed by atoms with Crippen molar-refractivity contribution in [1.29, 1.82) is 0 Å². The lowest BCUT2D eigenvalue weighted by atomic mass is 9.91. The highest BCUT2D eigenvalue weighted by atomic mass is 35.5. The summed E-state index contributed by atoms with van der Waals surface area (Å²) in [4.78, 5) is 2.38. The van der Waals surface area contributed by atoms with Crippen LogP contribution < -0.4 is 0 Å². The van der Waals surface area contributed by atoms with Crippen LogP contribution in [0, 0.1) is 5.82 Å². The van der Waals surface area contributed by atoms with Crippen LogP contribution in [0.5, 0.6) is 0 Å². The molecule has 0 heterocycles. The summed E-state index contributed by atoms with van der Waals surface area (Å²) in [6.07, 6.45) is 4.78. The highest BCUT2D eigenvalue weighted by Gasteiger charge is 2.24. The summed E-state index contributed by atoms with van der Waals surface area (Å²) in [5.41, 5.74) is 0.800. The predicted molar refractivity (Wildman–Crippen MR) is 69.8 cm³/mol. The van der Waals surface area contributed by atoms with Gasteiger partial charge in [-0.05, 0) is 31.9 Å². The first-order valence-electron chi connectivity index (χ1n) is 6.34. The Balaban J connectivity index is 1.98. The van der Waals surface area contributed by atoms with Gasteiger partial charge >= 0.3 is 0 Å². The minimum atomic E-state index is -0.0947. The third-order valence-electron chi connectivity index (χ3n) is 3.50. The van der Waals surface area contributed by atoms with Gasteiger partial charge in [-0.15, -0.1) is 11.6 Å². The summed E-state index contributed by atoms with van der Waals surface area (Å²) in [7, 11) is 0. The predicted octanol–water partition coefficient (Wildman–Crippen LogP) is 3.81. The third-order valence-corrected chi connectivity index (χ3v) is 3.77. The SMILES string of the molecule is Fc1ccccc1CN(CCCCl)C1CCC1. The molecule has 0 amide bonds. The molecule has 0 bridgehead atoms. The van der Waals surface area contributed by atoms with E-state index in [1.54, 1.807) is 6.07 Å². The van der Waals surface area contributed by atoms with Crippen molar-refractivity contribution in [3.63, 3.8) is 0 Å². The fourth-order valence-corrected chi connectivity index (χ4v) is 2.37. The summed E-state index contributed by atoms with van der Waals surface area (Å²) in [5, 5.41) is 0. The maximum Gasteiger partial charge on any atom is 0.127 e. The molecule has 2 rings (SSSR count). The maximum absolute atomic E-state index is 13.6. The molecule has 0 radical (unpaired) electrons. The topological polar surface area (TPSA) is 3.24 Å². The molecule has 0 aromatic heterocycles. The molecule has 1 saturated carbocycles. The van der Waals surface area contributed by atoms with Gasteiger partial charge < -0.3 is 0 Å². The zero-order valence-electron chi connectivity index (χ0n) is 10.0. The van der Waals surface area contributed by atoms with E-state index in [9.17, 15) is 4.39 Å². The fourth-order valence-electron chi connectivity index (χ4n) is 2.25.